The van der Waals surface area contributed by atoms with Gasteiger partial charge in [-0.15, -0.1) is 0 Å². The quantitative estimate of drug-likeness (QED) is 0.401. The number of sulfonamides is 1. The van der Waals surface area contributed by atoms with E-state index in [1.165, 1.54) is 30.3 Å². The van der Waals surface area contributed by atoms with Crippen molar-refractivity contribution in [2.45, 2.75) is 4.90 Å². The van der Waals surface area contributed by atoms with Crippen molar-refractivity contribution in [3.63, 3.8) is 0 Å². The number of hydrogen-bond acceptors (Lipinski definition) is 4. The normalized spacial score (nSPS) is 13.2. The molecule has 0 aromatic heterocycles. The SMILES string of the molecule is [N-]=[N+]=NS(=O)(=O)c1ccccc1-c1cccc2c1C(=O)NC2=O. The molecule has 9 heteroatoms. The summed E-state index contributed by atoms with van der Waals surface area (Å²) in [6, 6.07) is 10.4. The van der Waals surface area contributed by atoms with Gasteiger partial charge in [0.15, 0.2) is 0 Å². The van der Waals surface area contributed by atoms with Crippen LogP contribution in [0.2, 0.25) is 0 Å². The van der Waals surface area contributed by atoms with Crippen LogP contribution < -0.4 is 5.32 Å². The first-order chi connectivity index (χ1) is 11.0. The Balaban J connectivity index is 2.34. The fraction of sp³-hybridized carbons (Fsp3) is 0. The van der Waals surface area contributed by atoms with Crippen molar-refractivity contribution in [2.24, 2.45) is 4.52 Å². The van der Waals surface area contributed by atoms with Crippen molar-refractivity contribution in [1.82, 2.24) is 5.32 Å². The number of benzene rings is 2. The first-order valence-electron chi connectivity index (χ1n) is 6.35. The molecule has 0 spiro atoms. The van der Waals surface area contributed by atoms with Gasteiger partial charge in [-0.05, 0) is 23.2 Å². The Morgan fingerprint density at radius 3 is 2.30 bits per heavy atom. The van der Waals surface area contributed by atoms with Crippen molar-refractivity contribution in [3.8, 4) is 11.1 Å². The van der Waals surface area contributed by atoms with Crippen LogP contribution in [-0.2, 0) is 10.0 Å². The molecule has 3 rings (SSSR count). The van der Waals surface area contributed by atoms with E-state index in [1.807, 2.05) is 0 Å². The lowest BCUT2D eigenvalue weighted by atomic mass is 9.96. The second-order valence-corrected chi connectivity index (χ2v) is 6.21. The lowest BCUT2D eigenvalue weighted by Crippen LogP contribution is -2.20. The summed E-state index contributed by atoms with van der Waals surface area (Å²) in [4.78, 5) is 25.8. The van der Waals surface area contributed by atoms with Crippen molar-refractivity contribution >= 4 is 21.8 Å². The van der Waals surface area contributed by atoms with Crippen LogP contribution in [0.4, 0.5) is 0 Å². The van der Waals surface area contributed by atoms with E-state index in [2.05, 4.69) is 14.7 Å². The predicted octanol–water partition coefficient (Wildman–Crippen LogP) is 2.24. The summed E-state index contributed by atoms with van der Waals surface area (Å²) in [6.45, 7) is 0. The number of carbonyl (C=O) groups excluding carboxylic acids is 2. The van der Waals surface area contributed by atoms with E-state index in [4.69, 9.17) is 5.53 Å². The van der Waals surface area contributed by atoms with Gasteiger partial charge in [0.05, 0.1) is 16.0 Å². The topological polar surface area (TPSA) is 129 Å². The standard InChI is InChI=1S/C14H8N4O4S/c15-17-18-23(21,22)11-7-2-1-4-8(11)9-5-3-6-10-12(9)14(20)16-13(10)19/h1-7H,(H,16,19,20). The molecule has 0 aliphatic carbocycles. The van der Waals surface area contributed by atoms with Crippen LogP contribution in [0.25, 0.3) is 21.6 Å². The minimum atomic E-state index is -4.25. The fourth-order valence-electron chi connectivity index (χ4n) is 2.45. The molecule has 0 fully saturated rings. The summed E-state index contributed by atoms with van der Waals surface area (Å²) >= 11 is 0. The number of azide groups is 1. The maximum absolute atomic E-state index is 12.1. The smallest absolute Gasteiger partial charge is 0.264 e. The van der Waals surface area contributed by atoms with Gasteiger partial charge in [-0.1, -0.05) is 30.3 Å². The highest BCUT2D eigenvalue weighted by Crippen LogP contribution is 2.34. The number of amides is 2. The molecule has 1 aliphatic rings. The Hall–Kier alpha value is -3.16. The molecule has 23 heavy (non-hydrogen) atoms. The van der Waals surface area contributed by atoms with Gasteiger partial charge in [-0.3, -0.25) is 14.9 Å². The number of rotatable bonds is 3. The Bertz CT molecular complexity index is 1010. The summed E-state index contributed by atoms with van der Waals surface area (Å²) in [7, 11) is -4.25. The molecule has 0 atom stereocenters. The Labute approximate surface area is 130 Å². The number of nitrogens with one attached hydrogen (secondary N) is 1. The van der Waals surface area contributed by atoms with E-state index in [0.717, 1.165) is 0 Å². The molecule has 1 heterocycles. The van der Waals surface area contributed by atoms with Crippen LogP contribution in [0.15, 0.2) is 51.9 Å². The molecule has 8 nitrogen and oxygen atoms in total. The number of carbonyl (C=O) groups is 2. The average molecular weight is 328 g/mol. The maximum Gasteiger partial charge on any atom is 0.264 e. The van der Waals surface area contributed by atoms with Gasteiger partial charge in [0.1, 0.15) is 0 Å². The van der Waals surface area contributed by atoms with Gasteiger partial charge >= 0.3 is 0 Å². The molecule has 1 aliphatic heterocycles. The second kappa shape index (κ2) is 5.24. The molecule has 0 radical (unpaired) electrons. The van der Waals surface area contributed by atoms with Gasteiger partial charge < -0.3 is 0 Å². The largest absolute Gasteiger partial charge is 0.288 e. The highest BCUT2D eigenvalue weighted by Gasteiger charge is 2.31. The summed E-state index contributed by atoms with van der Waals surface area (Å²) in [5.41, 5.74) is 9.15. The van der Waals surface area contributed by atoms with E-state index in [0.29, 0.717) is 0 Å². The fourth-order valence-corrected chi connectivity index (χ4v) is 3.34. The van der Waals surface area contributed by atoms with Crippen LogP contribution in [-0.4, -0.2) is 20.2 Å². The van der Waals surface area contributed by atoms with Crippen molar-refractivity contribution in [3.05, 3.63) is 64.0 Å². The van der Waals surface area contributed by atoms with Gasteiger partial charge in [0.25, 0.3) is 21.8 Å². The Kier molecular flexibility index (Phi) is 3.36. The van der Waals surface area contributed by atoms with Gasteiger partial charge in [0.2, 0.25) is 0 Å². The van der Waals surface area contributed by atoms with Crippen molar-refractivity contribution in [2.75, 3.05) is 0 Å². The summed E-state index contributed by atoms with van der Waals surface area (Å²) in [6.07, 6.45) is 0. The zero-order valence-corrected chi connectivity index (χ0v) is 12.2. The number of imide groups is 1. The van der Waals surface area contributed by atoms with Crippen LogP contribution >= 0.6 is 0 Å². The Morgan fingerprint density at radius 1 is 0.913 bits per heavy atom. The third-order valence-electron chi connectivity index (χ3n) is 3.36. The molecular weight excluding hydrogens is 320 g/mol. The lowest BCUT2D eigenvalue weighted by molar-refractivity contribution is 0.0880. The van der Waals surface area contributed by atoms with Gasteiger partial charge in [-0.2, -0.15) is 0 Å². The third-order valence-corrected chi connectivity index (χ3v) is 4.56. The molecule has 114 valence electrons. The summed E-state index contributed by atoms with van der Waals surface area (Å²) in [5.74, 6) is -1.14. The molecule has 2 aromatic carbocycles. The van der Waals surface area contributed by atoms with Crippen LogP contribution in [0.5, 0.6) is 0 Å². The molecule has 0 bridgehead atoms. The minimum absolute atomic E-state index is 0.0982. The van der Waals surface area contributed by atoms with E-state index >= 15 is 0 Å². The predicted molar refractivity (Wildman–Crippen MR) is 80.0 cm³/mol. The third kappa shape index (κ3) is 2.33. The zero-order valence-electron chi connectivity index (χ0n) is 11.4. The average Bonchev–Trinajstić information content (AvgIpc) is 2.82. The molecular formula is C14H8N4O4S. The molecule has 0 saturated carbocycles. The lowest BCUT2D eigenvalue weighted by Gasteiger charge is -2.10. The molecule has 2 amide bonds. The van der Waals surface area contributed by atoms with Gasteiger partial charge in [0, 0.05) is 15.0 Å². The number of hydrogen-bond donors (Lipinski definition) is 1. The number of fused-ring (bicyclic) bond motifs is 1. The van der Waals surface area contributed by atoms with E-state index < -0.39 is 21.8 Å². The number of nitrogens with zero attached hydrogens (tertiary/aromatic N) is 3. The van der Waals surface area contributed by atoms with E-state index in [1.54, 1.807) is 12.1 Å². The summed E-state index contributed by atoms with van der Waals surface area (Å²) < 4.78 is 27.0. The van der Waals surface area contributed by atoms with Crippen molar-refractivity contribution < 1.29 is 18.0 Å². The van der Waals surface area contributed by atoms with Gasteiger partial charge in [-0.25, -0.2) is 8.42 Å². The minimum Gasteiger partial charge on any atom is -0.288 e. The molecule has 1 N–H and O–H groups in total. The first kappa shape index (κ1) is 14.8. The second-order valence-electron chi connectivity index (χ2n) is 4.65. The van der Waals surface area contributed by atoms with E-state index in [9.17, 15) is 18.0 Å². The maximum atomic E-state index is 12.1. The first-order valence-corrected chi connectivity index (χ1v) is 7.79. The highest BCUT2D eigenvalue weighted by molar-refractivity contribution is 7.90. The van der Waals surface area contributed by atoms with E-state index in [-0.39, 0.29) is 27.1 Å². The van der Waals surface area contributed by atoms with Crippen LogP contribution in [0.3, 0.4) is 0 Å². The zero-order chi connectivity index (χ0) is 16.6. The van der Waals surface area contributed by atoms with Crippen molar-refractivity contribution in [1.29, 1.82) is 0 Å². The molecule has 2 aromatic rings. The van der Waals surface area contributed by atoms with Crippen LogP contribution in [0, 0.1) is 0 Å². The highest BCUT2D eigenvalue weighted by atomic mass is 32.2. The molecule has 0 saturated heterocycles. The molecule has 0 unspecified atom stereocenters. The monoisotopic (exact) mass is 328 g/mol. The summed E-state index contributed by atoms with van der Waals surface area (Å²) in [5, 5.41) is 2.17. The van der Waals surface area contributed by atoms with Crippen LogP contribution in [0.1, 0.15) is 20.7 Å². The Morgan fingerprint density at radius 2 is 1.57 bits per heavy atom.